The van der Waals surface area contributed by atoms with Gasteiger partial charge in [-0.25, -0.2) is 0 Å². The van der Waals surface area contributed by atoms with Gasteiger partial charge in [-0.05, 0) is 139 Å². The van der Waals surface area contributed by atoms with Crippen LogP contribution in [-0.4, -0.2) is 0 Å². The minimum atomic E-state index is -0.523. The van der Waals surface area contributed by atoms with Crippen LogP contribution < -0.4 is 4.90 Å². The summed E-state index contributed by atoms with van der Waals surface area (Å²) in [6.07, 6.45) is 6.71. The summed E-state index contributed by atoms with van der Waals surface area (Å²) in [5.74, 6) is 1.04. The van der Waals surface area contributed by atoms with E-state index in [4.69, 9.17) is 0 Å². The molecule has 1 fully saturated rings. The van der Waals surface area contributed by atoms with Crippen molar-refractivity contribution in [2.75, 3.05) is 4.90 Å². The summed E-state index contributed by atoms with van der Waals surface area (Å²) in [4.78, 5) is 2.53. The van der Waals surface area contributed by atoms with Crippen molar-refractivity contribution in [3.8, 4) is 33.4 Å². The van der Waals surface area contributed by atoms with Crippen LogP contribution in [0.5, 0.6) is 0 Å². The molecule has 0 bridgehead atoms. The molecule has 0 aliphatic heterocycles. The second-order valence-corrected chi connectivity index (χ2v) is 18.5. The highest BCUT2D eigenvalue weighted by Gasteiger charge is 2.47. The second-order valence-electron chi connectivity index (χ2n) is 18.5. The van der Waals surface area contributed by atoms with Gasteiger partial charge in [0.15, 0.2) is 0 Å². The number of anilines is 3. The molecule has 0 spiro atoms. The first kappa shape index (κ1) is 39.9. The third kappa shape index (κ3) is 6.69. The molecule has 1 nitrogen and oxygen atoms in total. The summed E-state index contributed by atoms with van der Waals surface area (Å²) < 4.78 is 0. The van der Waals surface area contributed by atoms with Gasteiger partial charge in [-0.2, -0.15) is 0 Å². The van der Waals surface area contributed by atoms with E-state index in [1.165, 1.54) is 115 Å². The Hall–Kier alpha value is -6.96. The van der Waals surface area contributed by atoms with E-state index in [0.29, 0.717) is 11.8 Å². The highest BCUT2D eigenvalue weighted by molar-refractivity contribution is 6.06. The van der Waals surface area contributed by atoms with Crippen molar-refractivity contribution in [3.63, 3.8) is 0 Å². The SMILES string of the molecule is Cc1cccc2c1-c1ccc(N(c3ccc(-c4ccc(C5CCCCC5)cc4)cc3)c3ccc4ccccc4c3-c3ccccc3C(C)C)cc1C2(c1ccccc1)c1ccccc1. The maximum Gasteiger partial charge on any atom is 0.0714 e. The van der Waals surface area contributed by atoms with Crippen LogP contribution in [0.1, 0.15) is 96.7 Å². The van der Waals surface area contributed by atoms with E-state index in [9.17, 15) is 0 Å². The molecule has 0 saturated heterocycles. The molecule has 0 unspecified atom stereocenters. The van der Waals surface area contributed by atoms with Crippen molar-refractivity contribution in [1.29, 1.82) is 0 Å². The van der Waals surface area contributed by atoms with Crippen molar-refractivity contribution in [3.05, 3.63) is 245 Å². The Morgan fingerprint density at radius 2 is 1.11 bits per heavy atom. The summed E-state index contributed by atoms with van der Waals surface area (Å²) in [5.41, 5.74) is 19.8. The number of benzene rings is 9. The standard InChI is InChI=1S/C63H55N/c1-43(2)54-26-15-16-28-56(54)62-55-27-14-13-21-49(55)36-41-60(62)64(52-37-34-48(35-38-52)47-32-30-46(31-33-47)45-19-7-4-8-20-45)53-39-40-57-59(42-53)63(50-22-9-5-10-23-50,51-24-11-6-12-25-51)58-29-17-18-44(3)61(57)58/h5-6,9-18,21-43,45H,4,7-8,19-20H2,1-3H3. The van der Waals surface area contributed by atoms with Crippen LogP contribution in [0.15, 0.2) is 206 Å². The fourth-order valence-corrected chi connectivity index (χ4v) is 11.4. The molecule has 1 heteroatoms. The number of hydrogen-bond acceptors (Lipinski definition) is 1. The molecule has 9 aromatic rings. The lowest BCUT2D eigenvalue weighted by molar-refractivity contribution is 0.443. The molecule has 2 aliphatic rings. The van der Waals surface area contributed by atoms with Crippen LogP contribution in [0.25, 0.3) is 44.2 Å². The molecule has 0 aromatic heterocycles. The molecule has 2 aliphatic carbocycles. The van der Waals surface area contributed by atoms with Gasteiger partial charge in [-0.3, -0.25) is 0 Å². The molecule has 9 aromatic carbocycles. The molecule has 1 saturated carbocycles. The molecular formula is C63H55N. The van der Waals surface area contributed by atoms with E-state index >= 15 is 0 Å². The number of hydrogen-bond donors (Lipinski definition) is 0. The Morgan fingerprint density at radius 1 is 0.484 bits per heavy atom. The van der Waals surface area contributed by atoms with Gasteiger partial charge in [0.2, 0.25) is 0 Å². The second kappa shape index (κ2) is 16.6. The Labute approximate surface area is 379 Å². The fourth-order valence-electron chi connectivity index (χ4n) is 11.4. The van der Waals surface area contributed by atoms with Gasteiger partial charge in [-0.15, -0.1) is 0 Å². The first-order chi connectivity index (χ1) is 31.5. The molecule has 0 atom stereocenters. The molecule has 0 amide bonds. The maximum atomic E-state index is 2.53. The van der Waals surface area contributed by atoms with Gasteiger partial charge in [0, 0.05) is 16.9 Å². The molecule has 0 N–H and O–H groups in total. The molecule has 11 rings (SSSR count). The van der Waals surface area contributed by atoms with E-state index in [0.717, 1.165) is 17.1 Å². The third-order valence-corrected chi connectivity index (χ3v) is 14.5. The molecule has 0 radical (unpaired) electrons. The van der Waals surface area contributed by atoms with E-state index in [1.807, 2.05) is 0 Å². The van der Waals surface area contributed by atoms with Crippen LogP contribution in [0.2, 0.25) is 0 Å². The number of nitrogens with zero attached hydrogens (tertiary/aromatic N) is 1. The minimum absolute atomic E-state index is 0.347. The lowest BCUT2D eigenvalue weighted by atomic mass is 9.67. The summed E-state index contributed by atoms with van der Waals surface area (Å²) in [6, 6.07) is 77.9. The van der Waals surface area contributed by atoms with Crippen LogP contribution in [-0.2, 0) is 5.41 Å². The molecule has 0 heterocycles. The smallest absolute Gasteiger partial charge is 0.0714 e. The Bertz CT molecular complexity index is 3060. The zero-order valence-corrected chi connectivity index (χ0v) is 37.3. The van der Waals surface area contributed by atoms with Crippen molar-refractivity contribution in [2.24, 2.45) is 0 Å². The summed E-state index contributed by atoms with van der Waals surface area (Å²) in [6.45, 7) is 6.90. The van der Waals surface area contributed by atoms with Gasteiger partial charge in [0.1, 0.15) is 0 Å². The van der Waals surface area contributed by atoms with Crippen molar-refractivity contribution < 1.29 is 0 Å². The van der Waals surface area contributed by atoms with Gasteiger partial charge >= 0.3 is 0 Å². The Morgan fingerprint density at radius 3 is 1.81 bits per heavy atom. The third-order valence-electron chi connectivity index (χ3n) is 14.5. The Kier molecular flexibility index (Phi) is 10.4. The van der Waals surface area contributed by atoms with Crippen LogP contribution >= 0.6 is 0 Å². The molecule has 312 valence electrons. The van der Waals surface area contributed by atoms with Crippen molar-refractivity contribution >= 4 is 27.8 Å². The van der Waals surface area contributed by atoms with Crippen molar-refractivity contribution in [1.82, 2.24) is 0 Å². The lowest BCUT2D eigenvalue weighted by Gasteiger charge is -2.35. The highest BCUT2D eigenvalue weighted by Crippen LogP contribution is 2.58. The van der Waals surface area contributed by atoms with Gasteiger partial charge in [-0.1, -0.05) is 209 Å². The number of rotatable bonds is 9. The van der Waals surface area contributed by atoms with Crippen molar-refractivity contribution in [2.45, 2.75) is 70.1 Å². The van der Waals surface area contributed by atoms with Crippen LogP contribution in [0.3, 0.4) is 0 Å². The fraction of sp³-hybridized carbons (Fsp3) is 0.175. The predicted molar refractivity (Wildman–Crippen MR) is 271 cm³/mol. The first-order valence-electron chi connectivity index (χ1n) is 23.5. The van der Waals surface area contributed by atoms with Gasteiger partial charge < -0.3 is 4.90 Å². The van der Waals surface area contributed by atoms with E-state index in [-0.39, 0.29) is 0 Å². The molecule has 64 heavy (non-hydrogen) atoms. The van der Waals surface area contributed by atoms with Crippen LogP contribution in [0, 0.1) is 6.92 Å². The summed E-state index contributed by atoms with van der Waals surface area (Å²) in [7, 11) is 0. The topological polar surface area (TPSA) is 3.24 Å². The van der Waals surface area contributed by atoms with E-state index < -0.39 is 5.41 Å². The zero-order chi connectivity index (χ0) is 43.2. The predicted octanol–water partition coefficient (Wildman–Crippen LogP) is 17.5. The zero-order valence-electron chi connectivity index (χ0n) is 37.3. The minimum Gasteiger partial charge on any atom is -0.310 e. The quantitative estimate of drug-likeness (QED) is 0.140. The highest BCUT2D eigenvalue weighted by atomic mass is 15.1. The monoisotopic (exact) mass is 825 g/mol. The largest absolute Gasteiger partial charge is 0.310 e. The summed E-state index contributed by atoms with van der Waals surface area (Å²) >= 11 is 0. The van der Waals surface area contributed by atoms with Crippen LogP contribution in [0.4, 0.5) is 17.1 Å². The van der Waals surface area contributed by atoms with E-state index in [1.54, 1.807) is 0 Å². The van der Waals surface area contributed by atoms with Gasteiger partial charge in [0.05, 0.1) is 11.1 Å². The Balaban J connectivity index is 1.15. The molecular weight excluding hydrogens is 771 g/mol. The lowest BCUT2D eigenvalue weighted by Crippen LogP contribution is -2.28. The normalized spacial score (nSPS) is 14.4. The summed E-state index contributed by atoms with van der Waals surface area (Å²) in [5, 5.41) is 2.48. The maximum absolute atomic E-state index is 2.53. The van der Waals surface area contributed by atoms with E-state index in [2.05, 4.69) is 232 Å². The average molecular weight is 826 g/mol. The average Bonchev–Trinajstić information content (AvgIpc) is 3.66. The first-order valence-corrected chi connectivity index (χ1v) is 23.5. The number of aryl methyl sites for hydroxylation is 1. The number of fused-ring (bicyclic) bond motifs is 4. The van der Waals surface area contributed by atoms with Gasteiger partial charge in [0.25, 0.3) is 0 Å².